The maximum Gasteiger partial charge on any atom is 0.290 e. The molecule has 0 spiro atoms. The van der Waals surface area contributed by atoms with Gasteiger partial charge in [-0.25, -0.2) is 4.89 Å². The van der Waals surface area contributed by atoms with Crippen LogP contribution in [0.2, 0.25) is 0 Å². The number of hydrogen-bond donors (Lipinski definition) is 3. The van der Waals surface area contributed by atoms with Gasteiger partial charge in [-0.1, -0.05) is 215 Å². The number of carbonyl (C=O) groups is 1. The largest absolute Gasteiger partial charge is 0.483 e. The van der Waals surface area contributed by atoms with Crippen molar-refractivity contribution in [2.24, 2.45) is 0 Å². The van der Waals surface area contributed by atoms with E-state index < -0.39 is 0 Å². The van der Waals surface area contributed by atoms with Crippen molar-refractivity contribution in [3.05, 3.63) is 213 Å². The Labute approximate surface area is 437 Å². The zero-order valence-corrected chi connectivity index (χ0v) is 45.5. The average Bonchev–Trinajstić information content (AvgIpc) is 3.33. The molecule has 73 heavy (non-hydrogen) atoms. The Kier molecular flexibility index (Phi) is 103. The first-order chi connectivity index (χ1) is 30.5. The molecule has 0 aliphatic rings. The Balaban J connectivity index is -0.0000000513. The zero-order valence-electron chi connectivity index (χ0n) is 45.5. The van der Waals surface area contributed by atoms with Gasteiger partial charge >= 0.3 is 0 Å². The van der Waals surface area contributed by atoms with E-state index in [0.717, 1.165) is 39.2 Å². The zero-order chi connectivity index (χ0) is 47.9. The molecule has 0 aliphatic heterocycles. The van der Waals surface area contributed by atoms with Crippen LogP contribution in [0.15, 0.2) is 158 Å². The molecule has 0 aromatic heterocycles. The summed E-state index contributed by atoms with van der Waals surface area (Å²) in [7, 11) is 3.81. The van der Waals surface area contributed by atoms with Crippen LogP contribution in [-0.2, 0) is 57.9 Å². The number of methoxy groups -OCH3 is 1. The molecule has 6 rings (SSSR count). The summed E-state index contributed by atoms with van der Waals surface area (Å²) in [4.78, 5) is 11.6. The van der Waals surface area contributed by atoms with E-state index in [1.165, 1.54) is 62.7 Å². The third-order valence-electron chi connectivity index (χ3n) is 8.64. The third-order valence-corrected chi connectivity index (χ3v) is 8.64. The van der Waals surface area contributed by atoms with Crippen LogP contribution in [0, 0.1) is 27.7 Å². The Hall–Kier alpha value is -5.81. The van der Waals surface area contributed by atoms with Crippen molar-refractivity contribution < 1.29 is 89.4 Å². The summed E-state index contributed by atoms with van der Waals surface area (Å²) in [5, 5.41) is 21.0. The average molecular weight is 1050 g/mol. The van der Waals surface area contributed by atoms with E-state index in [0.29, 0.717) is 13.4 Å². The summed E-state index contributed by atoms with van der Waals surface area (Å²) < 4.78 is 10.0. The van der Waals surface area contributed by atoms with E-state index in [1.807, 2.05) is 36.4 Å². The Morgan fingerprint density at radius 2 is 0.589 bits per heavy atom. The number of benzene rings is 6. The first-order valence-electron chi connectivity index (χ1n) is 21.6. The molecule has 6 aromatic rings. The molecular formula is C56H100O17. The van der Waals surface area contributed by atoms with Crippen molar-refractivity contribution in [1.82, 2.24) is 0 Å². The van der Waals surface area contributed by atoms with Gasteiger partial charge in [0.05, 0.1) is 13.7 Å². The highest BCUT2D eigenvalue weighted by Gasteiger charge is 1.93. The van der Waals surface area contributed by atoms with E-state index in [2.05, 4.69) is 189 Å². The lowest BCUT2D eigenvalue weighted by molar-refractivity contribution is -0.214. The van der Waals surface area contributed by atoms with Crippen LogP contribution in [0.3, 0.4) is 0 Å². The molecule has 17 heteroatoms. The van der Waals surface area contributed by atoms with Crippen molar-refractivity contribution in [2.75, 3.05) is 28.1 Å². The molecule has 0 amide bonds. The third kappa shape index (κ3) is 64.2. The second-order valence-corrected chi connectivity index (χ2v) is 13.7. The van der Waals surface area contributed by atoms with Gasteiger partial charge in [0, 0.05) is 14.2 Å². The standard InChI is InChI=1S/C11H16O2.2C10H14.2C8H10.C6H6.CH4O2.CH2O2.CH4O.10H2O/c1-3-10-4-6-11(7-5-10)8-13-9-12-2;2*1-3-9-5-7-10(4-2)8-6-9;1-7-3-5-8(2)6-4-7;1-7-4-3-5-8(2)6-7;1-2-4-6-5-3-1;1-3-2;2-1-3;1-2;;;;;;;;;;/h4-7H,3,8-9H2,1-2H3;2*5-8H,3-4H2,1-2H3;2*3-6H,1-2H3;1-6H;2H,1H3;1H,(H,2,3);2H,1H3;10*1H2. The fourth-order valence-electron chi connectivity index (χ4n) is 4.96. The van der Waals surface area contributed by atoms with E-state index in [1.54, 1.807) is 7.11 Å². The van der Waals surface area contributed by atoms with Gasteiger partial charge in [0.15, 0.2) is 0 Å². The van der Waals surface area contributed by atoms with Gasteiger partial charge in [0.1, 0.15) is 6.79 Å². The first kappa shape index (κ1) is 100. The van der Waals surface area contributed by atoms with Gasteiger partial charge < -0.3 is 74.4 Å². The minimum atomic E-state index is -0.250. The lowest BCUT2D eigenvalue weighted by atomic mass is 10.1. The van der Waals surface area contributed by atoms with Crippen molar-refractivity contribution >= 4 is 6.47 Å². The SMILES string of the molecule is CCc1ccc(CC)cc1.CCc1ccc(CC)cc1.CCc1ccc(COCOC)cc1.CO.COO.Cc1ccc(C)cc1.Cc1cccc(C)c1.O.O.O.O.O.O.O.O.O.O.O=CO.c1ccccc1. The van der Waals surface area contributed by atoms with Gasteiger partial charge in [-0.2, -0.15) is 0 Å². The summed E-state index contributed by atoms with van der Waals surface area (Å²) in [6.07, 6.45) is 5.65. The van der Waals surface area contributed by atoms with Gasteiger partial charge in [0.2, 0.25) is 0 Å². The fourth-order valence-corrected chi connectivity index (χ4v) is 4.96. The number of aliphatic hydroxyl groups excluding tert-OH is 1. The van der Waals surface area contributed by atoms with Crippen molar-refractivity contribution in [3.63, 3.8) is 0 Å². The summed E-state index contributed by atoms with van der Waals surface area (Å²) >= 11 is 0. The van der Waals surface area contributed by atoms with E-state index >= 15 is 0 Å². The van der Waals surface area contributed by atoms with Crippen LogP contribution in [0.5, 0.6) is 0 Å². The van der Waals surface area contributed by atoms with Crippen LogP contribution in [0.4, 0.5) is 0 Å². The smallest absolute Gasteiger partial charge is 0.290 e. The maximum atomic E-state index is 8.36. The molecule has 17 nitrogen and oxygen atoms in total. The van der Waals surface area contributed by atoms with Gasteiger partial charge in [-0.05, 0) is 93.2 Å². The number of aryl methyl sites for hydroxylation is 9. The van der Waals surface area contributed by atoms with E-state index in [-0.39, 0.29) is 61.2 Å². The van der Waals surface area contributed by atoms with Crippen molar-refractivity contribution in [2.45, 2.75) is 101 Å². The second kappa shape index (κ2) is 75.1. The molecule has 6 aromatic carbocycles. The lowest BCUT2D eigenvalue weighted by Gasteiger charge is -2.03. The Morgan fingerprint density at radius 1 is 0.384 bits per heavy atom. The highest BCUT2D eigenvalue weighted by molar-refractivity contribution is 5.32. The molecule has 23 N–H and O–H groups in total. The molecule has 0 fully saturated rings. The summed E-state index contributed by atoms with van der Waals surface area (Å²) in [6.45, 7) is 20.0. The van der Waals surface area contributed by atoms with Crippen LogP contribution in [-0.4, -0.2) is 105 Å². The summed E-state index contributed by atoms with van der Waals surface area (Å²) in [5.74, 6) is 0. The van der Waals surface area contributed by atoms with Crippen LogP contribution in [0.1, 0.15) is 90.3 Å². The van der Waals surface area contributed by atoms with Crippen LogP contribution in [0.25, 0.3) is 0 Å². The number of aliphatic hydroxyl groups is 1. The predicted molar refractivity (Wildman–Crippen MR) is 304 cm³/mol. The first-order valence-corrected chi connectivity index (χ1v) is 21.6. The van der Waals surface area contributed by atoms with Crippen LogP contribution < -0.4 is 0 Å². The van der Waals surface area contributed by atoms with E-state index in [4.69, 9.17) is 29.7 Å². The minimum Gasteiger partial charge on any atom is -0.483 e. The molecule has 0 radical (unpaired) electrons. The molecule has 426 valence electrons. The molecule has 0 bridgehead atoms. The molecule has 0 saturated heterocycles. The lowest BCUT2D eigenvalue weighted by Crippen LogP contribution is -1.96. The van der Waals surface area contributed by atoms with Gasteiger partial charge in [-0.3, -0.25) is 10.1 Å². The molecule has 0 heterocycles. The maximum absolute atomic E-state index is 8.36. The molecule has 0 aliphatic carbocycles. The topological polar surface area (TPSA) is 420 Å². The Morgan fingerprint density at radius 3 is 0.753 bits per heavy atom. The minimum absolute atomic E-state index is 0. The number of hydrogen-bond acceptors (Lipinski definition) is 6. The fraction of sp³-hybridized carbons (Fsp3) is 0.339. The number of carboxylic acid groups (broad SMARTS) is 1. The molecule has 0 saturated carbocycles. The normalized spacial score (nSPS) is 7.70. The van der Waals surface area contributed by atoms with Crippen LogP contribution >= 0.6 is 0 Å². The van der Waals surface area contributed by atoms with Crippen molar-refractivity contribution in [3.8, 4) is 0 Å². The summed E-state index contributed by atoms with van der Waals surface area (Å²) in [6, 6.07) is 55.0. The predicted octanol–water partition coefficient (Wildman–Crippen LogP) is 5.45. The quantitative estimate of drug-likeness (QED) is 0.0552. The highest BCUT2D eigenvalue weighted by atomic mass is 17.1. The van der Waals surface area contributed by atoms with Crippen molar-refractivity contribution in [1.29, 1.82) is 0 Å². The van der Waals surface area contributed by atoms with Gasteiger partial charge in [0.25, 0.3) is 6.47 Å². The molecule has 0 unspecified atom stereocenters. The number of ether oxygens (including phenoxy) is 2. The number of rotatable bonds is 9. The van der Waals surface area contributed by atoms with Gasteiger partial charge in [-0.15, -0.1) is 0 Å². The highest BCUT2D eigenvalue weighted by Crippen LogP contribution is 2.07. The van der Waals surface area contributed by atoms with E-state index in [9.17, 15) is 0 Å². The summed E-state index contributed by atoms with van der Waals surface area (Å²) in [5.41, 5.74) is 13.6. The molecule has 0 atom stereocenters. The Bertz CT molecular complexity index is 1670. The monoisotopic (exact) mass is 1040 g/mol. The second-order valence-electron chi connectivity index (χ2n) is 13.7. The molecular weight excluding hydrogens is 945 g/mol.